The fourth-order valence-corrected chi connectivity index (χ4v) is 2.23. The van der Waals surface area contributed by atoms with Gasteiger partial charge in [0.25, 0.3) is 0 Å². The first-order chi connectivity index (χ1) is 10.2. The summed E-state index contributed by atoms with van der Waals surface area (Å²) in [6.07, 6.45) is 2.22. The van der Waals surface area contributed by atoms with E-state index in [1.54, 1.807) is 12.1 Å². The smallest absolute Gasteiger partial charge is 0.186 e. The number of halogens is 2. The van der Waals surface area contributed by atoms with E-state index in [-0.39, 0.29) is 0 Å². The van der Waals surface area contributed by atoms with Gasteiger partial charge in [0, 0.05) is 6.54 Å². The second-order valence-electron chi connectivity index (χ2n) is 6.36. The van der Waals surface area contributed by atoms with Crippen LogP contribution >= 0.6 is 35.4 Å². The van der Waals surface area contributed by atoms with Gasteiger partial charge < -0.3 is 5.32 Å². The van der Waals surface area contributed by atoms with E-state index in [0.717, 1.165) is 30.7 Å². The van der Waals surface area contributed by atoms with E-state index in [0.29, 0.717) is 20.6 Å². The topological polar surface area (TPSA) is 36.4 Å². The molecule has 0 unspecified atom stereocenters. The van der Waals surface area contributed by atoms with E-state index in [1.165, 1.54) is 0 Å². The zero-order valence-electron chi connectivity index (χ0n) is 13.5. The normalized spacial score (nSPS) is 12.2. The van der Waals surface area contributed by atoms with Gasteiger partial charge in [-0.1, -0.05) is 50.0 Å². The molecular weight excluding hydrogens is 337 g/mol. The maximum absolute atomic E-state index is 6.00. The molecule has 1 aromatic rings. The molecule has 2 N–H and O–H groups in total. The summed E-state index contributed by atoms with van der Waals surface area (Å²) < 4.78 is 0. The van der Waals surface area contributed by atoms with Crippen LogP contribution in [0.4, 0.5) is 0 Å². The Hall–Kier alpha value is -0.840. The molecule has 0 radical (unpaired) electrons. The van der Waals surface area contributed by atoms with E-state index >= 15 is 0 Å². The first-order valence-electron chi connectivity index (χ1n) is 7.22. The van der Waals surface area contributed by atoms with Crippen molar-refractivity contribution in [2.45, 2.75) is 40.5 Å². The molecule has 1 rings (SSSR count). The monoisotopic (exact) mass is 359 g/mol. The third kappa shape index (κ3) is 7.43. The summed E-state index contributed by atoms with van der Waals surface area (Å²) in [6, 6.07) is 5.40. The highest BCUT2D eigenvalue weighted by Crippen LogP contribution is 2.22. The molecule has 1 aromatic carbocycles. The van der Waals surface area contributed by atoms with E-state index < -0.39 is 0 Å². The highest BCUT2D eigenvalue weighted by molar-refractivity contribution is 7.80. The van der Waals surface area contributed by atoms with Gasteiger partial charge in [-0.25, -0.2) is 0 Å². The fraction of sp³-hybridized carbons (Fsp3) is 0.500. The van der Waals surface area contributed by atoms with Gasteiger partial charge in [-0.05, 0) is 55.1 Å². The molecule has 0 spiro atoms. The molecule has 0 saturated carbocycles. The summed E-state index contributed by atoms with van der Waals surface area (Å²) in [5.41, 5.74) is 4.88. The Kier molecular flexibility index (Phi) is 7.60. The van der Waals surface area contributed by atoms with Crippen molar-refractivity contribution in [3.8, 4) is 0 Å². The Morgan fingerprint density at radius 2 is 1.91 bits per heavy atom. The van der Waals surface area contributed by atoms with E-state index in [1.807, 2.05) is 13.0 Å². The van der Waals surface area contributed by atoms with Crippen molar-refractivity contribution in [2.75, 3.05) is 6.54 Å². The van der Waals surface area contributed by atoms with E-state index in [4.69, 9.17) is 35.4 Å². The summed E-state index contributed by atoms with van der Waals surface area (Å²) in [7, 11) is 0. The number of thiocarbonyl (C=S) groups is 1. The van der Waals surface area contributed by atoms with Crippen molar-refractivity contribution in [1.82, 2.24) is 10.7 Å². The average molecular weight is 360 g/mol. The molecule has 0 atom stereocenters. The molecule has 0 aromatic heterocycles. The summed E-state index contributed by atoms with van der Waals surface area (Å²) in [4.78, 5) is 0. The Balaban J connectivity index is 2.43. The number of rotatable bonds is 5. The summed E-state index contributed by atoms with van der Waals surface area (Å²) in [5.74, 6) is 0. The molecule has 0 bridgehead atoms. The largest absolute Gasteiger partial charge is 0.361 e. The molecule has 0 amide bonds. The van der Waals surface area contributed by atoms with Gasteiger partial charge in [-0.2, -0.15) is 5.10 Å². The van der Waals surface area contributed by atoms with Crippen molar-refractivity contribution < 1.29 is 0 Å². The summed E-state index contributed by atoms with van der Waals surface area (Å²) in [5, 5.41) is 8.96. The van der Waals surface area contributed by atoms with Crippen LogP contribution in [0.1, 0.15) is 46.1 Å². The third-order valence-electron chi connectivity index (χ3n) is 3.05. The molecule has 0 heterocycles. The quantitative estimate of drug-likeness (QED) is 0.335. The van der Waals surface area contributed by atoms with Crippen LogP contribution in [0.25, 0.3) is 0 Å². The lowest BCUT2D eigenvalue weighted by Crippen LogP contribution is -2.33. The van der Waals surface area contributed by atoms with Crippen LogP contribution in [-0.4, -0.2) is 17.4 Å². The predicted molar refractivity (Wildman–Crippen MR) is 101 cm³/mol. The molecule has 3 nitrogen and oxygen atoms in total. The van der Waals surface area contributed by atoms with Crippen LogP contribution in [0.5, 0.6) is 0 Å². The molecule has 122 valence electrons. The minimum Gasteiger partial charge on any atom is -0.361 e. The van der Waals surface area contributed by atoms with Gasteiger partial charge in [0.1, 0.15) is 0 Å². The Bertz CT molecular complexity index is 551. The van der Waals surface area contributed by atoms with Gasteiger partial charge >= 0.3 is 0 Å². The fourth-order valence-electron chi connectivity index (χ4n) is 1.78. The van der Waals surface area contributed by atoms with Crippen LogP contribution in [-0.2, 0) is 0 Å². The maximum Gasteiger partial charge on any atom is 0.186 e. The van der Waals surface area contributed by atoms with Crippen molar-refractivity contribution in [2.24, 2.45) is 10.5 Å². The molecule has 6 heteroatoms. The highest BCUT2D eigenvalue weighted by Gasteiger charge is 2.09. The molecule has 0 fully saturated rings. The Labute approximate surface area is 148 Å². The maximum atomic E-state index is 6.00. The molecule has 0 saturated heterocycles. The third-order valence-corrected chi connectivity index (χ3v) is 4.03. The Morgan fingerprint density at radius 1 is 1.23 bits per heavy atom. The molecule has 22 heavy (non-hydrogen) atoms. The summed E-state index contributed by atoms with van der Waals surface area (Å²) >= 11 is 17.1. The number of nitrogens with one attached hydrogen (secondary N) is 2. The second-order valence-corrected chi connectivity index (χ2v) is 7.58. The van der Waals surface area contributed by atoms with Gasteiger partial charge in [-0.3, -0.25) is 5.43 Å². The lowest BCUT2D eigenvalue weighted by Gasteiger charge is -2.18. The number of hydrazone groups is 1. The second kappa shape index (κ2) is 8.70. The number of hydrogen-bond acceptors (Lipinski definition) is 2. The number of hydrogen-bond donors (Lipinski definition) is 2. The summed E-state index contributed by atoms with van der Waals surface area (Å²) in [6.45, 7) is 9.41. The van der Waals surface area contributed by atoms with Gasteiger partial charge in [0.15, 0.2) is 5.11 Å². The first-order valence-corrected chi connectivity index (χ1v) is 8.39. The standard InChI is InChI=1S/C16H23Cl2N3S/c1-11(12-6-7-13(17)14(18)10-12)20-21-15(22)19-9-5-8-16(2,3)4/h6-7,10H,5,8-9H2,1-4H3,(H2,19,21,22)/b20-11+. The molecular formula is C16H23Cl2N3S. The zero-order chi connectivity index (χ0) is 16.8. The van der Waals surface area contributed by atoms with Crippen molar-refractivity contribution >= 4 is 46.2 Å². The van der Waals surface area contributed by atoms with Crippen molar-refractivity contribution in [1.29, 1.82) is 0 Å². The Morgan fingerprint density at radius 3 is 2.50 bits per heavy atom. The molecule has 0 aliphatic carbocycles. The number of nitrogens with zero attached hydrogens (tertiary/aromatic N) is 1. The van der Waals surface area contributed by atoms with Crippen LogP contribution in [0.3, 0.4) is 0 Å². The minimum atomic E-state index is 0.347. The zero-order valence-corrected chi connectivity index (χ0v) is 15.8. The van der Waals surface area contributed by atoms with Gasteiger partial charge in [0.05, 0.1) is 15.8 Å². The van der Waals surface area contributed by atoms with Crippen LogP contribution in [0.2, 0.25) is 10.0 Å². The van der Waals surface area contributed by atoms with Gasteiger partial charge in [0.2, 0.25) is 0 Å². The molecule has 0 aliphatic heterocycles. The van der Waals surface area contributed by atoms with Crippen LogP contribution in [0, 0.1) is 5.41 Å². The highest BCUT2D eigenvalue weighted by atomic mass is 35.5. The van der Waals surface area contributed by atoms with Gasteiger partial charge in [-0.15, -0.1) is 0 Å². The molecule has 0 aliphatic rings. The minimum absolute atomic E-state index is 0.347. The van der Waals surface area contributed by atoms with E-state index in [9.17, 15) is 0 Å². The average Bonchev–Trinajstić information content (AvgIpc) is 2.43. The van der Waals surface area contributed by atoms with Crippen LogP contribution in [0.15, 0.2) is 23.3 Å². The van der Waals surface area contributed by atoms with Crippen molar-refractivity contribution in [3.05, 3.63) is 33.8 Å². The van der Waals surface area contributed by atoms with Crippen molar-refractivity contribution in [3.63, 3.8) is 0 Å². The lowest BCUT2D eigenvalue weighted by molar-refractivity contribution is 0.365. The number of benzene rings is 1. The SMILES string of the molecule is C/C(=N\NC(=S)NCCCC(C)(C)C)c1ccc(Cl)c(Cl)c1. The first kappa shape index (κ1) is 19.2. The predicted octanol–water partition coefficient (Wildman–Crippen LogP) is 5.01. The van der Waals surface area contributed by atoms with Crippen LogP contribution < -0.4 is 10.7 Å². The lowest BCUT2D eigenvalue weighted by atomic mass is 9.91. The van der Waals surface area contributed by atoms with E-state index in [2.05, 4.69) is 36.6 Å².